The maximum absolute atomic E-state index is 11.2. The highest BCUT2D eigenvalue weighted by molar-refractivity contribution is 5.73. The molecule has 4 heteroatoms. The molecule has 0 spiro atoms. The van der Waals surface area contributed by atoms with Crippen LogP contribution in [0.15, 0.2) is 0 Å². The first-order chi connectivity index (χ1) is 8.53. The Bertz CT molecular complexity index is 258. The van der Waals surface area contributed by atoms with Gasteiger partial charge in [-0.05, 0) is 39.0 Å². The number of hydrogen-bond acceptors (Lipinski definition) is 3. The summed E-state index contributed by atoms with van der Waals surface area (Å²) in [7, 11) is 1.76. The first kappa shape index (κ1) is 15.4. The van der Waals surface area contributed by atoms with Crippen molar-refractivity contribution in [2.24, 2.45) is 0 Å². The van der Waals surface area contributed by atoms with Gasteiger partial charge in [0.2, 0.25) is 0 Å². The first-order valence-corrected chi connectivity index (χ1v) is 7.07. The summed E-state index contributed by atoms with van der Waals surface area (Å²) in [5.41, 5.74) is 0.000225. The van der Waals surface area contributed by atoms with E-state index in [2.05, 4.69) is 19.2 Å². The molecule has 18 heavy (non-hydrogen) atoms. The van der Waals surface area contributed by atoms with E-state index in [1.54, 1.807) is 7.11 Å². The molecule has 0 aromatic rings. The number of hydrogen-bond donors (Lipinski definition) is 2. The Hall–Kier alpha value is -0.610. The Kier molecular flexibility index (Phi) is 6.09. The average molecular weight is 257 g/mol. The van der Waals surface area contributed by atoms with Gasteiger partial charge >= 0.3 is 5.97 Å². The molecule has 0 bridgehead atoms. The minimum absolute atomic E-state index is 0.000225. The van der Waals surface area contributed by atoms with Gasteiger partial charge in [0, 0.05) is 13.2 Å². The third kappa shape index (κ3) is 4.25. The SMILES string of the molecule is CCCCC(NC(C)CC1(OC)CCC1)C(=O)O. The van der Waals surface area contributed by atoms with Crippen LogP contribution in [0.25, 0.3) is 0 Å². The molecule has 2 N–H and O–H groups in total. The molecule has 0 aromatic heterocycles. The van der Waals surface area contributed by atoms with Gasteiger partial charge in [-0.1, -0.05) is 19.8 Å². The summed E-state index contributed by atoms with van der Waals surface area (Å²) >= 11 is 0. The van der Waals surface area contributed by atoms with Crippen molar-refractivity contribution in [1.82, 2.24) is 5.32 Å². The third-order valence-corrected chi connectivity index (χ3v) is 4.01. The largest absolute Gasteiger partial charge is 0.480 e. The van der Waals surface area contributed by atoms with Gasteiger partial charge in [-0.3, -0.25) is 4.79 Å². The molecule has 0 amide bonds. The van der Waals surface area contributed by atoms with Crippen LogP contribution in [0.4, 0.5) is 0 Å². The van der Waals surface area contributed by atoms with Crippen molar-refractivity contribution < 1.29 is 14.6 Å². The highest BCUT2D eigenvalue weighted by Crippen LogP contribution is 2.38. The van der Waals surface area contributed by atoms with Crippen LogP contribution in [0, 0.1) is 0 Å². The van der Waals surface area contributed by atoms with E-state index >= 15 is 0 Å². The fraction of sp³-hybridized carbons (Fsp3) is 0.929. The zero-order valence-corrected chi connectivity index (χ0v) is 11.9. The Morgan fingerprint density at radius 3 is 2.56 bits per heavy atom. The summed E-state index contributed by atoms with van der Waals surface area (Å²) in [6.45, 7) is 4.14. The van der Waals surface area contributed by atoms with E-state index in [9.17, 15) is 9.90 Å². The quantitative estimate of drug-likeness (QED) is 0.666. The number of nitrogens with one attached hydrogen (secondary N) is 1. The fourth-order valence-corrected chi connectivity index (χ4v) is 2.71. The molecule has 0 heterocycles. The second-order valence-corrected chi connectivity index (χ2v) is 5.55. The minimum Gasteiger partial charge on any atom is -0.480 e. The average Bonchev–Trinajstić information content (AvgIpc) is 2.28. The lowest BCUT2D eigenvalue weighted by Gasteiger charge is -2.42. The number of carbonyl (C=O) groups is 1. The molecule has 106 valence electrons. The second-order valence-electron chi connectivity index (χ2n) is 5.55. The Morgan fingerprint density at radius 1 is 1.50 bits per heavy atom. The van der Waals surface area contributed by atoms with Crippen molar-refractivity contribution in [1.29, 1.82) is 0 Å². The number of ether oxygens (including phenoxy) is 1. The molecular formula is C14H27NO3. The molecule has 1 aliphatic rings. The Balaban J connectivity index is 2.40. The number of aliphatic carboxylic acids is 1. The van der Waals surface area contributed by atoms with Crippen molar-refractivity contribution in [3.8, 4) is 0 Å². The van der Waals surface area contributed by atoms with Gasteiger partial charge in [-0.2, -0.15) is 0 Å². The standard InChI is InChI=1S/C14H27NO3/c1-4-5-7-12(13(16)17)15-11(2)10-14(18-3)8-6-9-14/h11-12,15H,4-10H2,1-3H3,(H,16,17). The van der Waals surface area contributed by atoms with E-state index in [-0.39, 0.29) is 11.6 Å². The van der Waals surface area contributed by atoms with Gasteiger partial charge in [0.05, 0.1) is 5.60 Å². The molecular weight excluding hydrogens is 230 g/mol. The summed E-state index contributed by atoms with van der Waals surface area (Å²) in [5.74, 6) is -0.740. The maximum atomic E-state index is 11.2. The van der Waals surface area contributed by atoms with E-state index in [0.29, 0.717) is 6.42 Å². The lowest BCUT2D eigenvalue weighted by molar-refractivity contribution is -0.140. The maximum Gasteiger partial charge on any atom is 0.320 e. The normalized spacial score (nSPS) is 21.1. The fourth-order valence-electron chi connectivity index (χ4n) is 2.71. The molecule has 1 aliphatic carbocycles. The number of carboxylic acid groups (broad SMARTS) is 1. The summed E-state index contributed by atoms with van der Waals surface area (Å²) in [5, 5.41) is 12.4. The van der Waals surface area contributed by atoms with Crippen LogP contribution in [0.5, 0.6) is 0 Å². The monoisotopic (exact) mass is 257 g/mol. The number of unbranched alkanes of at least 4 members (excludes halogenated alkanes) is 1. The van der Waals surface area contributed by atoms with Crippen LogP contribution >= 0.6 is 0 Å². The number of carboxylic acids is 1. The van der Waals surface area contributed by atoms with E-state index < -0.39 is 12.0 Å². The summed E-state index contributed by atoms with van der Waals surface area (Å²) < 4.78 is 5.58. The van der Waals surface area contributed by atoms with Gasteiger partial charge in [-0.25, -0.2) is 0 Å². The molecule has 4 nitrogen and oxygen atoms in total. The summed E-state index contributed by atoms with van der Waals surface area (Å²) in [6.07, 6.45) is 7.01. The lowest BCUT2D eigenvalue weighted by Crippen LogP contribution is -2.49. The Morgan fingerprint density at radius 2 is 2.17 bits per heavy atom. The van der Waals surface area contributed by atoms with Crippen LogP contribution in [0.3, 0.4) is 0 Å². The van der Waals surface area contributed by atoms with Crippen LogP contribution in [0.1, 0.15) is 58.8 Å². The zero-order valence-electron chi connectivity index (χ0n) is 11.9. The van der Waals surface area contributed by atoms with Crippen LogP contribution in [-0.2, 0) is 9.53 Å². The second kappa shape index (κ2) is 7.10. The van der Waals surface area contributed by atoms with Crippen LogP contribution in [-0.4, -0.2) is 35.9 Å². The van der Waals surface area contributed by atoms with E-state index in [1.165, 1.54) is 6.42 Å². The van der Waals surface area contributed by atoms with Crippen molar-refractivity contribution in [3.63, 3.8) is 0 Å². The van der Waals surface area contributed by atoms with E-state index in [1.807, 2.05) is 0 Å². The molecule has 1 rings (SSSR count). The highest BCUT2D eigenvalue weighted by atomic mass is 16.5. The molecule has 0 saturated heterocycles. The van der Waals surface area contributed by atoms with Gasteiger partial charge in [-0.15, -0.1) is 0 Å². The smallest absolute Gasteiger partial charge is 0.320 e. The van der Waals surface area contributed by atoms with Crippen LogP contribution < -0.4 is 5.32 Å². The van der Waals surface area contributed by atoms with E-state index in [4.69, 9.17) is 4.74 Å². The van der Waals surface area contributed by atoms with Gasteiger partial charge < -0.3 is 15.2 Å². The lowest BCUT2D eigenvalue weighted by atomic mass is 9.76. The van der Waals surface area contributed by atoms with Gasteiger partial charge in [0.15, 0.2) is 0 Å². The molecule has 2 unspecified atom stereocenters. The third-order valence-electron chi connectivity index (χ3n) is 4.01. The van der Waals surface area contributed by atoms with E-state index in [0.717, 1.165) is 32.1 Å². The minimum atomic E-state index is -0.740. The molecule has 1 fully saturated rings. The van der Waals surface area contributed by atoms with Gasteiger partial charge in [0.25, 0.3) is 0 Å². The first-order valence-electron chi connectivity index (χ1n) is 7.07. The van der Waals surface area contributed by atoms with Crippen molar-refractivity contribution >= 4 is 5.97 Å². The van der Waals surface area contributed by atoms with Crippen molar-refractivity contribution in [2.45, 2.75) is 76.5 Å². The number of methoxy groups -OCH3 is 1. The molecule has 0 aromatic carbocycles. The Labute approximate surface area is 110 Å². The zero-order chi connectivity index (χ0) is 13.6. The van der Waals surface area contributed by atoms with Crippen molar-refractivity contribution in [3.05, 3.63) is 0 Å². The summed E-state index contributed by atoms with van der Waals surface area (Å²) in [4.78, 5) is 11.2. The van der Waals surface area contributed by atoms with Crippen molar-refractivity contribution in [2.75, 3.05) is 7.11 Å². The number of rotatable bonds is 9. The molecule has 0 aliphatic heterocycles. The summed E-state index contributed by atoms with van der Waals surface area (Å²) in [6, 6.07) is -0.239. The van der Waals surface area contributed by atoms with Gasteiger partial charge in [0.1, 0.15) is 6.04 Å². The molecule has 1 saturated carbocycles. The predicted octanol–water partition coefficient (Wildman–Crippen LogP) is 2.57. The topological polar surface area (TPSA) is 58.6 Å². The molecule has 2 atom stereocenters. The molecule has 0 radical (unpaired) electrons. The predicted molar refractivity (Wildman–Crippen MR) is 71.8 cm³/mol. The van der Waals surface area contributed by atoms with Crippen LogP contribution in [0.2, 0.25) is 0 Å². The highest BCUT2D eigenvalue weighted by Gasteiger charge is 2.38.